The summed E-state index contributed by atoms with van der Waals surface area (Å²) in [5.41, 5.74) is 0. The van der Waals surface area contributed by atoms with E-state index in [1.54, 1.807) is 0 Å². The minimum atomic E-state index is -4.44. The molecule has 0 aliphatic rings. The zero-order chi connectivity index (χ0) is 12.5. The van der Waals surface area contributed by atoms with Gasteiger partial charge in [-0.05, 0) is 11.4 Å². The predicted molar refractivity (Wildman–Crippen MR) is 60.1 cm³/mol. The number of rotatable bonds is 3. The van der Waals surface area contributed by atoms with Crippen molar-refractivity contribution in [2.24, 2.45) is 0 Å². The molecule has 0 aliphatic carbocycles. The highest BCUT2D eigenvalue weighted by Crippen LogP contribution is 2.35. The van der Waals surface area contributed by atoms with E-state index in [4.69, 9.17) is 0 Å². The maximum absolute atomic E-state index is 12.3. The second-order valence-corrected chi connectivity index (χ2v) is 5.46. The molecule has 0 spiro atoms. The van der Waals surface area contributed by atoms with Crippen LogP contribution in [0.15, 0.2) is 23.7 Å². The first kappa shape index (κ1) is 12.5. The first-order valence-electron chi connectivity index (χ1n) is 4.70. The van der Waals surface area contributed by atoms with Crippen molar-refractivity contribution < 1.29 is 18.3 Å². The van der Waals surface area contributed by atoms with E-state index in [1.165, 1.54) is 11.3 Å². The van der Waals surface area contributed by atoms with Gasteiger partial charge in [0.15, 0.2) is 5.01 Å². The second kappa shape index (κ2) is 4.75. The van der Waals surface area contributed by atoms with Crippen LogP contribution in [-0.4, -0.2) is 10.1 Å². The summed E-state index contributed by atoms with van der Waals surface area (Å²) in [6.45, 7) is 0. The Morgan fingerprint density at radius 3 is 2.71 bits per heavy atom. The van der Waals surface area contributed by atoms with Gasteiger partial charge in [-0.1, -0.05) is 6.07 Å². The van der Waals surface area contributed by atoms with Crippen molar-refractivity contribution in [3.05, 3.63) is 38.5 Å². The lowest BCUT2D eigenvalue weighted by molar-refractivity contribution is -0.137. The quantitative estimate of drug-likeness (QED) is 0.932. The maximum atomic E-state index is 12.3. The zero-order valence-electron chi connectivity index (χ0n) is 8.44. The Labute approximate surface area is 103 Å². The molecular formula is C10H8F3NOS2. The van der Waals surface area contributed by atoms with Gasteiger partial charge in [-0.2, -0.15) is 13.2 Å². The molecule has 17 heavy (non-hydrogen) atoms. The highest BCUT2D eigenvalue weighted by atomic mass is 32.1. The zero-order valence-corrected chi connectivity index (χ0v) is 10.1. The third-order valence-electron chi connectivity index (χ3n) is 2.07. The third kappa shape index (κ3) is 3.05. The summed E-state index contributed by atoms with van der Waals surface area (Å²) in [6, 6.07) is 3.67. The van der Waals surface area contributed by atoms with E-state index in [2.05, 4.69) is 4.98 Å². The molecule has 2 nitrogen and oxygen atoms in total. The van der Waals surface area contributed by atoms with E-state index in [0.29, 0.717) is 17.8 Å². The Kier molecular flexibility index (Phi) is 3.50. The lowest BCUT2D eigenvalue weighted by atomic mass is 10.2. The lowest BCUT2D eigenvalue weighted by Crippen LogP contribution is -2.03. The van der Waals surface area contributed by atoms with Crippen LogP contribution >= 0.6 is 22.7 Å². The lowest BCUT2D eigenvalue weighted by Gasteiger charge is -2.05. The third-order valence-corrected chi connectivity index (χ3v) is 4.11. The fourth-order valence-electron chi connectivity index (χ4n) is 1.29. The highest BCUT2D eigenvalue weighted by Gasteiger charge is 2.35. The summed E-state index contributed by atoms with van der Waals surface area (Å²) in [4.78, 5) is 4.45. The molecule has 0 radical (unpaired) electrons. The van der Waals surface area contributed by atoms with Gasteiger partial charge in [-0.15, -0.1) is 22.7 Å². The van der Waals surface area contributed by atoms with Crippen molar-refractivity contribution in [2.75, 3.05) is 0 Å². The van der Waals surface area contributed by atoms with Crippen LogP contribution in [0, 0.1) is 0 Å². The fraction of sp³-hybridized carbons (Fsp3) is 0.300. The number of thiophene rings is 1. The minimum Gasteiger partial charge on any atom is -0.387 e. The molecule has 0 saturated carbocycles. The highest BCUT2D eigenvalue weighted by molar-refractivity contribution is 7.11. The predicted octanol–water partition coefficient (Wildman–Crippen LogP) is 3.50. The number of aromatic nitrogens is 1. The van der Waals surface area contributed by atoms with Gasteiger partial charge in [0, 0.05) is 17.5 Å². The van der Waals surface area contributed by atoms with Gasteiger partial charge in [-0.25, -0.2) is 4.98 Å². The Bertz CT molecular complexity index is 478. The van der Waals surface area contributed by atoms with Crippen molar-refractivity contribution >= 4 is 22.7 Å². The number of hydrogen-bond donors (Lipinski definition) is 1. The molecule has 2 aromatic rings. The Hall–Kier alpha value is -0.920. The molecule has 0 amide bonds. The fourth-order valence-corrected chi connectivity index (χ4v) is 2.80. The molecule has 1 N–H and O–H groups in total. The molecule has 2 heterocycles. The van der Waals surface area contributed by atoms with E-state index in [0.717, 1.165) is 11.1 Å². The van der Waals surface area contributed by atoms with Crippen LogP contribution in [0.5, 0.6) is 0 Å². The smallest absolute Gasteiger partial charge is 0.387 e. The molecule has 0 saturated heterocycles. The van der Waals surface area contributed by atoms with E-state index in [1.807, 2.05) is 17.5 Å². The number of aliphatic hydroxyl groups is 1. The normalized spacial score (nSPS) is 13.9. The summed E-state index contributed by atoms with van der Waals surface area (Å²) in [7, 11) is 0. The van der Waals surface area contributed by atoms with E-state index < -0.39 is 17.3 Å². The molecule has 7 heteroatoms. The van der Waals surface area contributed by atoms with Gasteiger partial charge in [0.2, 0.25) is 0 Å². The topological polar surface area (TPSA) is 33.1 Å². The molecule has 92 valence electrons. The molecule has 0 fully saturated rings. The van der Waals surface area contributed by atoms with Crippen LogP contribution in [0.4, 0.5) is 13.2 Å². The molecule has 0 bridgehead atoms. The SMILES string of the molecule is OC(Cc1cccs1)c1cnc(C(F)(F)F)s1. The van der Waals surface area contributed by atoms with Crippen molar-refractivity contribution in [3.8, 4) is 0 Å². The van der Waals surface area contributed by atoms with Gasteiger partial charge in [0.25, 0.3) is 0 Å². The Morgan fingerprint density at radius 1 is 1.41 bits per heavy atom. The average molecular weight is 279 g/mol. The van der Waals surface area contributed by atoms with Crippen molar-refractivity contribution in [2.45, 2.75) is 18.7 Å². The van der Waals surface area contributed by atoms with Crippen LogP contribution in [0.25, 0.3) is 0 Å². The molecule has 0 aromatic carbocycles. The molecule has 2 aromatic heterocycles. The standard InChI is InChI=1S/C10H8F3NOS2/c11-10(12,13)9-14-5-8(17-9)7(15)4-6-2-1-3-16-6/h1-3,5,7,15H,4H2. The van der Waals surface area contributed by atoms with Crippen LogP contribution in [-0.2, 0) is 12.6 Å². The first-order valence-corrected chi connectivity index (χ1v) is 6.40. The molecule has 0 aliphatic heterocycles. The molecule has 2 rings (SSSR count). The Morgan fingerprint density at radius 2 is 2.18 bits per heavy atom. The summed E-state index contributed by atoms with van der Waals surface area (Å²) < 4.78 is 36.9. The van der Waals surface area contributed by atoms with Crippen LogP contribution in [0.1, 0.15) is 20.9 Å². The van der Waals surface area contributed by atoms with Crippen molar-refractivity contribution in [1.82, 2.24) is 4.98 Å². The summed E-state index contributed by atoms with van der Waals surface area (Å²) >= 11 is 1.95. The number of halogens is 3. The van der Waals surface area contributed by atoms with Gasteiger partial charge in [0.1, 0.15) is 0 Å². The van der Waals surface area contributed by atoms with Gasteiger partial charge in [-0.3, -0.25) is 0 Å². The van der Waals surface area contributed by atoms with Crippen LogP contribution < -0.4 is 0 Å². The number of hydrogen-bond acceptors (Lipinski definition) is 4. The van der Waals surface area contributed by atoms with E-state index in [9.17, 15) is 18.3 Å². The summed E-state index contributed by atoms with van der Waals surface area (Å²) in [6.07, 6.45) is -3.96. The summed E-state index contributed by atoms with van der Waals surface area (Å²) in [5.74, 6) is 0. The van der Waals surface area contributed by atoms with Crippen LogP contribution in [0.3, 0.4) is 0 Å². The second-order valence-electron chi connectivity index (χ2n) is 3.36. The monoisotopic (exact) mass is 279 g/mol. The first-order chi connectivity index (χ1) is 7.97. The number of thiazole rings is 1. The van der Waals surface area contributed by atoms with Crippen molar-refractivity contribution in [1.29, 1.82) is 0 Å². The molecular weight excluding hydrogens is 271 g/mol. The maximum Gasteiger partial charge on any atom is 0.443 e. The number of alkyl halides is 3. The van der Waals surface area contributed by atoms with Gasteiger partial charge < -0.3 is 5.11 Å². The number of aliphatic hydroxyl groups excluding tert-OH is 1. The van der Waals surface area contributed by atoms with Gasteiger partial charge in [0.05, 0.1) is 11.0 Å². The summed E-state index contributed by atoms with van der Waals surface area (Å²) in [5, 5.41) is 10.7. The molecule has 1 atom stereocenters. The van der Waals surface area contributed by atoms with Crippen molar-refractivity contribution in [3.63, 3.8) is 0 Å². The number of nitrogens with zero attached hydrogens (tertiary/aromatic N) is 1. The van der Waals surface area contributed by atoms with Crippen LogP contribution in [0.2, 0.25) is 0 Å². The molecule has 1 unspecified atom stereocenters. The average Bonchev–Trinajstić information content (AvgIpc) is 2.85. The van der Waals surface area contributed by atoms with E-state index in [-0.39, 0.29) is 4.88 Å². The largest absolute Gasteiger partial charge is 0.443 e. The van der Waals surface area contributed by atoms with E-state index >= 15 is 0 Å². The Balaban J connectivity index is 2.10. The van der Waals surface area contributed by atoms with Gasteiger partial charge >= 0.3 is 6.18 Å². The minimum absolute atomic E-state index is 0.241.